The molecule has 0 aliphatic carbocycles. The quantitative estimate of drug-likeness (QED) is 0.887. The molecule has 2 N–H and O–H groups in total. The van der Waals surface area contributed by atoms with Crippen molar-refractivity contribution in [3.63, 3.8) is 0 Å². The van der Waals surface area contributed by atoms with Crippen LogP contribution in [0.25, 0.3) is 0 Å². The van der Waals surface area contributed by atoms with Gasteiger partial charge in [-0.1, -0.05) is 20.8 Å². The number of hydrogen-bond donors (Lipinski definition) is 2. The lowest BCUT2D eigenvalue weighted by Gasteiger charge is -2.27. The van der Waals surface area contributed by atoms with Crippen molar-refractivity contribution in [1.82, 2.24) is 4.72 Å². The molecule has 1 atom stereocenters. The lowest BCUT2D eigenvalue weighted by atomic mass is 9.89. The predicted octanol–water partition coefficient (Wildman–Crippen LogP) is 2.10. The summed E-state index contributed by atoms with van der Waals surface area (Å²) < 4.78 is 26.8. The zero-order valence-corrected chi connectivity index (χ0v) is 12.3. The van der Waals surface area contributed by atoms with E-state index < -0.39 is 16.0 Å². The second-order valence-electron chi connectivity index (χ2n) is 5.54. The van der Waals surface area contributed by atoms with Crippen molar-refractivity contribution in [2.75, 3.05) is 0 Å². The molecule has 19 heavy (non-hydrogen) atoms. The third-order valence-corrected chi connectivity index (χ3v) is 4.60. The molecule has 0 heterocycles. The molecule has 106 valence electrons. The maximum absolute atomic E-state index is 12.1. The predicted molar refractivity (Wildman–Crippen MR) is 72.6 cm³/mol. The summed E-state index contributed by atoms with van der Waals surface area (Å²) in [5.41, 5.74) is -0.142. The number of benzene rings is 1. The van der Waals surface area contributed by atoms with Crippen LogP contribution in [0.3, 0.4) is 0 Å². The highest BCUT2D eigenvalue weighted by Gasteiger charge is 2.25. The van der Waals surface area contributed by atoms with Crippen LogP contribution < -0.4 is 4.72 Å². The molecule has 0 unspecified atom stereocenters. The van der Waals surface area contributed by atoms with Gasteiger partial charge in [0.1, 0.15) is 0 Å². The normalized spacial score (nSPS) is 14.1. The van der Waals surface area contributed by atoms with E-state index in [1.807, 2.05) is 20.8 Å². The van der Waals surface area contributed by atoms with E-state index in [4.69, 9.17) is 5.11 Å². The molecule has 6 heteroatoms. The number of carboxylic acids is 1. The van der Waals surface area contributed by atoms with E-state index in [1.165, 1.54) is 24.3 Å². The fraction of sp³-hybridized carbons (Fsp3) is 0.462. The molecule has 0 amide bonds. The van der Waals surface area contributed by atoms with Crippen molar-refractivity contribution in [3.8, 4) is 0 Å². The van der Waals surface area contributed by atoms with Gasteiger partial charge in [0, 0.05) is 6.04 Å². The molecule has 0 aliphatic heterocycles. The van der Waals surface area contributed by atoms with Gasteiger partial charge in [0.05, 0.1) is 10.5 Å². The molecule has 0 radical (unpaired) electrons. The van der Waals surface area contributed by atoms with Crippen molar-refractivity contribution in [2.45, 2.75) is 38.6 Å². The van der Waals surface area contributed by atoms with Gasteiger partial charge in [-0.25, -0.2) is 17.9 Å². The fourth-order valence-corrected chi connectivity index (χ4v) is 2.70. The molecule has 0 bridgehead atoms. The van der Waals surface area contributed by atoms with Gasteiger partial charge in [0.15, 0.2) is 0 Å². The van der Waals surface area contributed by atoms with Crippen molar-refractivity contribution < 1.29 is 18.3 Å². The summed E-state index contributed by atoms with van der Waals surface area (Å²) in [6.45, 7) is 7.61. The second-order valence-corrected chi connectivity index (χ2v) is 7.25. The molecule has 0 saturated carbocycles. The molecule has 5 nitrogen and oxygen atoms in total. The standard InChI is InChI=1S/C13H19NO4S/c1-9(13(2,3)4)14-19(17,18)11-7-5-10(6-8-11)12(15)16/h5-9,14H,1-4H3,(H,15,16)/t9-/m1/s1. The first-order valence-corrected chi connectivity index (χ1v) is 7.38. The average Bonchev–Trinajstić information content (AvgIpc) is 2.27. The number of carbonyl (C=O) groups is 1. The van der Waals surface area contributed by atoms with Crippen LogP contribution in [0.5, 0.6) is 0 Å². The summed E-state index contributed by atoms with van der Waals surface area (Å²) in [4.78, 5) is 10.8. The largest absolute Gasteiger partial charge is 0.478 e. The first kappa shape index (κ1) is 15.7. The molecule has 0 aliphatic rings. The van der Waals surface area contributed by atoms with Crippen LogP contribution in [0.15, 0.2) is 29.2 Å². The number of aromatic carboxylic acids is 1. The lowest BCUT2D eigenvalue weighted by molar-refractivity contribution is 0.0696. The number of hydrogen-bond acceptors (Lipinski definition) is 3. The molecule has 0 saturated heterocycles. The zero-order valence-electron chi connectivity index (χ0n) is 11.5. The summed E-state index contributed by atoms with van der Waals surface area (Å²) in [6, 6.07) is 4.90. The number of nitrogens with one attached hydrogen (secondary N) is 1. The zero-order chi connectivity index (χ0) is 14.8. The molecular weight excluding hydrogens is 266 g/mol. The van der Waals surface area contributed by atoms with E-state index in [-0.39, 0.29) is 21.9 Å². The van der Waals surface area contributed by atoms with Gasteiger partial charge < -0.3 is 5.11 Å². The van der Waals surface area contributed by atoms with Crippen LogP contribution in [0.4, 0.5) is 0 Å². The molecular formula is C13H19NO4S. The molecule has 1 aromatic carbocycles. The highest BCUT2D eigenvalue weighted by Crippen LogP contribution is 2.21. The third kappa shape index (κ3) is 4.04. The summed E-state index contributed by atoms with van der Waals surface area (Å²) in [5.74, 6) is -1.08. The van der Waals surface area contributed by atoms with Gasteiger partial charge in [-0.3, -0.25) is 0 Å². The highest BCUT2D eigenvalue weighted by atomic mass is 32.2. The Morgan fingerprint density at radius 3 is 2.05 bits per heavy atom. The van der Waals surface area contributed by atoms with Crippen LogP contribution in [-0.2, 0) is 10.0 Å². The van der Waals surface area contributed by atoms with Gasteiger partial charge in [0.25, 0.3) is 0 Å². The van der Waals surface area contributed by atoms with E-state index >= 15 is 0 Å². The molecule has 0 spiro atoms. The minimum Gasteiger partial charge on any atom is -0.478 e. The first-order chi connectivity index (χ1) is 8.54. The van der Waals surface area contributed by atoms with Gasteiger partial charge in [0.2, 0.25) is 10.0 Å². The van der Waals surface area contributed by atoms with Gasteiger partial charge in [-0.15, -0.1) is 0 Å². The Morgan fingerprint density at radius 2 is 1.68 bits per heavy atom. The van der Waals surface area contributed by atoms with Crippen molar-refractivity contribution in [2.24, 2.45) is 5.41 Å². The Labute approximate surface area is 113 Å². The van der Waals surface area contributed by atoms with E-state index in [2.05, 4.69) is 4.72 Å². The van der Waals surface area contributed by atoms with Gasteiger partial charge >= 0.3 is 5.97 Å². The summed E-state index contributed by atoms with van der Waals surface area (Å²) >= 11 is 0. The highest BCUT2D eigenvalue weighted by molar-refractivity contribution is 7.89. The first-order valence-electron chi connectivity index (χ1n) is 5.90. The van der Waals surface area contributed by atoms with Crippen LogP contribution in [0, 0.1) is 5.41 Å². The van der Waals surface area contributed by atoms with E-state index in [1.54, 1.807) is 6.92 Å². The third-order valence-electron chi connectivity index (χ3n) is 3.04. The Morgan fingerprint density at radius 1 is 1.21 bits per heavy atom. The molecule has 1 rings (SSSR count). The molecule has 0 fully saturated rings. The van der Waals surface area contributed by atoms with Crippen LogP contribution in [0.1, 0.15) is 38.1 Å². The second kappa shape index (κ2) is 5.30. The summed E-state index contributed by atoms with van der Waals surface area (Å²) in [6.07, 6.45) is 0. The SMILES string of the molecule is C[C@@H](NS(=O)(=O)c1ccc(C(=O)O)cc1)C(C)(C)C. The Bertz CT molecular complexity index is 555. The Kier molecular flexibility index (Phi) is 4.37. The van der Waals surface area contributed by atoms with Crippen molar-refractivity contribution >= 4 is 16.0 Å². The minimum absolute atomic E-state index is 0.0582. The van der Waals surface area contributed by atoms with Crippen molar-refractivity contribution in [3.05, 3.63) is 29.8 Å². The lowest BCUT2D eigenvalue weighted by Crippen LogP contribution is -2.41. The number of carboxylic acid groups (broad SMARTS) is 1. The average molecular weight is 285 g/mol. The van der Waals surface area contributed by atoms with Crippen LogP contribution in [-0.4, -0.2) is 25.5 Å². The Hall–Kier alpha value is -1.40. The van der Waals surface area contributed by atoms with Crippen molar-refractivity contribution in [1.29, 1.82) is 0 Å². The number of sulfonamides is 1. The van der Waals surface area contributed by atoms with E-state index in [0.717, 1.165) is 0 Å². The summed E-state index contributed by atoms with van der Waals surface area (Å²) in [7, 11) is -3.63. The monoisotopic (exact) mass is 285 g/mol. The molecule has 0 aromatic heterocycles. The maximum Gasteiger partial charge on any atom is 0.335 e. The fourth-order valence-electron chi connectivity index (χ4n) is 1.25. The van der Waals surface area contributed by atoms with Gasteiger partial charge in [-0.05, 0) is 36.6 Å². The summed E-state index contributed by atoms with van der Waals surface area (Å²) in [5, 5.41) is 8.77. The maximum atomic E-state index is 12.1. The Balaban J connectivity index is 2.98. The number of rotatable bonds is 4. The topological polar surface area (TPSA) is 83.5 Å². The minimum atomic E-state index is -3.63. The van der Waals surface area contributed by atoms with Crippen LogP contribution >= 0.6 is 0 Å². The smallest absolute Gasteiger partial charge is 0.335 e. The van der Waals surface area contributed by atoms with E-state index in [9.17, 15) is 13.2 Å². The molecule has 1 aromatic rings. The van der Waals surface area contributed by atoms with E-state index in [0.29, 0.717) is 0 Å². The van der Waals surface area contributed by atoms with Crippen LogP contribution in [0.2, 0.25) is 0 Å². The van der Waals surface area contributed by atoms with Gasteiger partial charge in [-0.2, -0.15) is 0 Å².